The van der Waals surface area contributed by atoms with Crippen molar-refractivity contribution in [2.24, 2.45) is 0 Å². The molecule has 0 aliphatic carbocycles. The van der Waals surface area contributed by atoms with Gasteiger partial charge in [0.15, 0.2) is 0 Å². The van der Waals surface area contributed by atoms with Crippen molar-refractivity contribution in [1.82, 2.24) is 15.3 Å². The number of benzene rings is 1. The molecule has 0 spiro atoms. The van der Waals surface area contributed by atoms with E-state index in [-0.39, 0.29) is 31.8 Å². The van der Waals surface area contributed by atoms with Gasteiger partial charge in [0.1, 0.15) is 36.1 Å². The number of allylic oxidation sites excluding steroid dienone is 1. The molecule has 1 aromatic rings. The maximum Gasteiger partial charge on any atom is 0.459 e. The average Bonchev–Trinajstić information content (AvgIpc) is 3.23. The monoisotopic (exact) mass is 553 g/mol. The lowest BCUT2D eigenvalue weighted by atomic mass is 10.1. The van der Waals surface area contributed by atoms with Crippen molar-refractivity contribution in [2.45, 2.75) is 57.3 Å². The first-order chi connectivity index (χ1) is 17.9. The number of nitrogens with zero attached hydrogens (tertiary/aromatic N) is 1. The number of urea groups is 1. The molecule has 3 N–H and O–H groups in total. The molecule has 0 saturated carbocycles. The Morgan fingerprint density at radius 3 is 2.79 bits per heavy atom. The molecule has 2 aliphatic heterocycles. The Balaban J connectivity index is 1.67. The summed E-state index contributed by atoms with van der Waals surface area (Å²) in [5.74, 6) is -1.24. The molecule has 4 atom stereocenters. The number of rotatable bonds is 13. The van der Waals surface area contributed by atoms with Crippen LogP contribution in [-0.4, -0.2) is 59.1 Å². The summed E-state index contributed by atoms with van der Waals surface area (Å²) in [6.07, 6.45) is -0.539. The van der Waals surface area contributed by atoms with Gasteiger partial charge in [0.2, 0.25) is 0 Å². The van der Waals surface area contributed by atoms with Crippen LogP contribution in [-0.2, 0) is 34.5 Å². The average molecular weight is 554 g/mol. The number of ether oxygens (including phenoxy) is 2. The first-order valence-electron chi connectivity index (χ1n) is 11.9. The molecule has 0 bridgehead atoms. The molecule has 2 heterocycles. The summed E-state index contributed by atoms with van der Waals surface area (Å²) in [6.45, 7) is 9.49. The second-order valence-electron chi connectivity index (χ2n) is 9.29. The fraction of sp³-hybridized carbons (Fsp3) is 0.440. The topological polar surface area (TPSA) is 136 Å². The highest BCUT2D eigenvalue weighted by molar-refractivity contribution is 7.51. The van der Waals surface area contributed by atoms with Gasteiger partial charge in [-0.2, -0.15) is 5.09 Å². The lowest BCUT2D eigenvalue weighted by molar-refractivity contribution is -0.151. The van der Waals surface area contributed by atoms with E-state index >= 15 is 0 Å². The van der Waals surface area contributed by atoms with Crippen molar-refractivity contribution in [3.05, 3.63) is 72.9 Å². The molecule has 1 saturated heterocycles. The first-order valence-corrected chi connectivity index (χ1v) is 13.5. The van der Waals surface area contributed by atoms with Gasteiger partial charge in [-0.15, -0.1) is 6.58 Å². The number of aliphatic hydroxyl groups is 1. The van der Waals surface area contributed by atoms with E-state index in [0.717, 1.165) is 16.7 Å². The standard InChI is InChI=1S/C25H33FN3O8P/c1-5-9-17(2)37-38(33,28-25(3,4)23(31)34-15-18-10-7-6-8-11-18)35-16-21-20(30)12-22(36-21)29-14-19(26)13-27-24(29)32/h5-8,10-11,14,20-22,30H,1-2,9,12-13,15-16H2,3-4H3,(H,27,32)(H,28,33)/t20?,21-,22-,38?/m1/s1. The molecule has 2 amide bonds. The van der Waals surface area contributed by atoms with E-state index in [0.29, 0.717) is 0 Å². The highest BCUT2D eigenvalue weighted by Crippen LogP contribution is 2.49. The molecule has 3 rings (SSSR count). The Bertz CT molecular complexity index is 1110. The second-order valence-corrected chi connectivity index (χ2v) is 10.9. The van der Waals surface area contributed by atoms with E-state index in [1.165, 1.54) is 19.9 Å². The molecule has 0 aromatic heterocycles. The van der Waals surface area contributed by atoms with Gasteiger partial charge in [-0.25, -0.2) is 13.8 Å². The lowest BCUT2D eigenvalue weighted by Crippen LogP contribution is -2.47. The third kappa shape index (κ3) is 7.99. The predicted molar refractivity (Wildman–Crippen MR) is 136 cm³/mol. The molecule has 13 heteroatoms. The Morgan fingerprint density at radius 1 is 1.39 bits per heavy atom. The summed E-state index contributed by atoms with van der Waals surface area (Å²) in [5.41, 5.74) is -0.754. The minimum Gasteiger partial charge on any atom is -0.459 e. The van der Waals surface area contributed by atoms with Crippen molar-refractivity contribution < 1.29 is 42.2 Å². The van der Waals surface area contributed by atoms with Gasteiger partial charge in [-0.05, 0) is 19.4 Å². The second kappa shape index (κ2) is 12.7. The number of carbonyl (C=O) groups excluding carboxylic acids is 2. The van der Waals surface area contributed by atoms with Crippen molar-refractivity contribution >= 4 is 19.7 Å². The van der Waals surface area contributed by atoms with Gasteiger partial charge in [0, 0.05) is 19.0 Å². The molecule has 2 unspecified atom stereocenters. The van der Waals surface area contributed by atoms with Crippen LogP contribution in [0.1, 0.15) is 32.3 Å². The molecule has 1 fully saturated rings. The summed E-state index contributed by atoms with van der Waals surface area (Å²) >= 11 is 0. The zero-order valence-electron chi connectivity index (χ0n) is 21.3. The number of amides is 2. The van der Waals surface area contributed by atoms with E-state index in [1.807, 2.05) is 18.2 Å². The normalized spacial score (nSPS) is 23.2. The highest BCUT2D eigenvalue weighted by Gasteiger charge is 2.44. The molecule has 38 heavy (non-hydrogen) atoms. The van der Waals surface area contributed by atoms with E-state index < -0.39 is 56.2 Å². The van der Waals surface area contributed by atoms with Gasteiger partial charge < -0.3 is 24.4 Å². The fourth-order valence-electron chi connectivity index (χ4n) is 3.67. The van der Waals surface area contributed by atoms with Crippen LogP contribution < -0.4 is 10.4 Å². The number of halogens is 1. The molecular weight excluding hydrogens is 520 g/mol. The third-order valence-electron chi connectivity index (χ3n) is 5.61. The minimum absolute atomic E-state index is 0.00256. The quantitative estimate of drug-likeness (QED) is 0.145. The van der Waals surface area contributed by atoms with Crippen LogP contribution in [0, 0.1) is 0 Å². The Hall–Kier alpha value is -3.02. The van der Waals surface area contributed by atoms with Crippen LogP contribution in [0.25, 0.3) is 0 Å². The first kappa shape index (κ1) is 29.5. The molecule has 2 aliphatic rings. The van der Waals surface area contributed by atoms with Crippen LogP contribution in [0.5, 0.6) is 0 Å². The molecule has 0 radical (unpaired) electrons. The summed E-state index contributed by atoms with van der Waals surface area (Å²) in [5, 5.41) is 15.4. The van der Waals surface area contributed by atoms with Crippen LogP contribution in [0.2, 0.25) is 0 Å². The number of esters is 1. The third-order valence-corrected chi connectivity index (χ3v) is 7.43. The fourth-order valence-corrected chi connectivity index (χ4v) is 5.37. The molecule has 1 aromatic carbocycles. The lowest BCUT2D eigenvalue weighted by Gasteiger charge is -2.30. The van der Waals surface area contributed by atoms with Gasteiger partial charge in [-0.1, -0.05) is 43.0 Å². The summed E-state index contributed by atoms with van der Waals surface area (Å²) in [7, 11) is -4.28. The maximum absolute atomic E-state index is 13.7. The Kier molecular flexibility index (Phi) is 9.86. The van der Waals surface area contributed by atoms with Crippen molar-refractivity contribution in [3.8, 4) is 0 Å². The predicted octanol–water partition coefficient (Wildman–Crippen LogP) is 3.64. The number of nitrogens with one attached hydrogen (secondary N) is 2. The zero-order chi connectivity index (χ0) is 27.9. The van der Waals surface area contributed by atoms with Crippen molar-refractivity contribution in [2.75, 3.05) is 13.2 Å². The highest BCUT2D eigenvalue weighted by atomic mass is 31.2. The summed E-state index contributed by atoms with van der Waals surface area (Å²) in [6, 6.07) is 8.45. The number of aliphatic hydroxyl groups excluding tert-OH is 1. The summed E-state index contributed by atoms with van der Waals surface area (Å²) in [4.78, 5) is 25.9. The SMILES string of the molecule is C=CCC(=C)OP(=O)(NC(C)(C)C(=O)OCc1ccccc1)OC[C@H]1O[C@@H](N2C=C(F)CNC2=O)CC1O. The smallest absolute Gasteiger partial charge is 0.459 e. The van der Waals surface area contributed by atoms with Crippen LogP contribution in [0.15, 0.2) is 67.4 Å². The Morgan fingerprint density at radius 2 is 2.11 bits per heavy atom. The van der Waals surface area contributed by atoms with Crippen LogP contribution >= 0.6 is 7.75 Å². The molecule has 11 nitrogen and oxygen atoms in total. The number of carbonyl (C=O) groups is 2. The van der Waals surface area contributed by atoms with E-state index in [2.05, 4.69) is 23.6 Å². The Labute approximate surface area is 220 Å². The van der Waals surface area contributed by atoms with Crippen LogP contribution in [0.4, 0.5) is 9.18 Å². The minimum atomic E-state index is -4.28. The van der Waals surface area contributed by atoms with Gasteiger partial charge >= 0.3 is 19.7 Å². The molecule has 208 valence electrons. The summed E-state index contributed by atoms with van der Waals surface area (Å²) < 4.78 is 49.5. The number of hydrogen-bond acceptors (Lipinski definition) is 8. The van der Waals surface area contributed by atoms with Crippen molar-refractivity contribution in [3.63, 3.8) is 0 Å². The van der Waals surface area contributed by atoms with E-state index in [4.69, 9.17) is 18.5 Å². The van der Waals surface area contributed by atoms with E-state index in [1.54, 1.807) is 12.1 Å². The van der Waals surface area contributed by atoms with E-state index in [9.17, 15) is 23.7 Å². The van der Waals surface area contributed by atoms with Crippen LogP contribution in [0.3, 0.4) is 0 Å². The largest absolute Gasteiger partial charge is 0.459 e. The van der Waals surface area contributed by atoms with Gasteiger partial charge in [0.25, 0.3) is 0 Å². The number of hydrogen-bond donors (Lipinski definition) is 3. The molecular formula is C25H33FN3O8P. The van der Waals surface area contributed by atoms with Gasteiger partial charge in [-0.3, -0.25) is 14.2 Å². The van der Waals surface area contributed by atoms with Crippen molar-refractivity contribution in [1.29, 1.82) is 0 Å². The zero-order valence-corrected chi connectivity index (χ0v) is 22.2. The van der Waals surface area contributed by atoms with Gasteiger partial charge in [0.05, 0.1) is 19.3 Å². The maximum atomic E-state index is 13.7.